The fraction of sp³-hybridized carbons (Fsp3) is 0.625. The van der Waals surface area contributed by atoms with Gasteiger partial charge in [-0.25, -0.2) is 0 Å². The fourth-order valence-corrected chi connectivity index (χ4v) is 4.36. The van der Waals surface area contributed by atoms with Crippen LogP contribution in [0.25, 0.3) is 0 Å². The SMILES string of the molecule is CC(C)CCN(C(=O)C1CCCCC1)c1cc(C#N)ccc1SC(=O)C(C)(C)C. The molecular formula is C24H34N2O2S. The number of carbonyl (C=O) groups is 2. The van der Waals surface area contributed by atoms with Crippen molar-refractivity contribution in [3.63, 3.8) is 0 Å². The average Bonchev–Trinajstić information content (AvgIpc) is 2.68. The van der Waals surface area contributed by atoms with Gasteiger partial charge in [-0.3, -0.25) is 9.59 Å². The molecule has 1 aliphatic carbocycles. The number of nitrogens with zero attached hydrogens (tertiary/aromatic N) is 2. The Labute approximate surface area is 180 Å². The highest BCUT2D eigenvalue weighted by molar-refractivity contribution is 8.13. The first-order chi connectivity index (χ1) is 13.6. The molecule has 1 fully saturated rings. The molecule has 0 bridgehead atoms. The van der Waals surface area contributed by atoms with Gasteiger partial charge in [0.1, 0.15) is 0 Å². The number of amides is 1. The van der Waals surface area contributed by atoms with Crippen molar-refractivity contribution in [3.05, 3.63) is 23.8 Å². The van der Waals surface area contributed by atoms with Crippen LogP contribution in [0, 0.1) is 28.6 Å². The lowest BCUT2D eigenvalue weighted by Crippen LogP contribution is -2.38. The Bertz CT molecular complexity index is 768. The molecule has 0 spiro atoms. The van der Waals surface area contributed by atoms with E-state index in [0.29, 0.717) is 23.7 Å². The molecule has 0 saturated heterocycles. The van der Waals surface area contributed by atoms with Crippen molar-refractivity contribution in [2.45, 2.75) is 78.0 Å². The van der Waals surface area contributed by atoms with Crippen molar-refractivity contribution in [2.75, 3.05) is 11.4 Å². The summed E-state index contributed by atoms with van der Waals surface area (Å²) >= 11 is 1.18. The van der Waals surface area contributed by atoms with E-state index in [2.05, 4.69) is 19.9 Å². The lowest BCUT2D eigenvalue weighted by molar-refractivity contribution is -0.123. The zero-order valence-corrected chi connectivity index (χ0v) is 19.3. The molecule has 1 saturated carbocycles. The number of hydrogen-bond acceptors (Lipinski definition) is 4. The predicted octanol–water partition coefficient (Wildman–Crippen LogP) is 6.18. The highest BCUT2D eigenvalue weighted by Gasteiger charge is 2.30. The molecule has 1 aromatic rings. The Morgan fingerprint density at radius 3 is 2.41 bits per heavy atom. The van der Waals surface area contributed by atoms with Gasteiger partial charge >= 0.3 is 0 Å². The molecule has 0 aliphatic heterocycles. The van der Waals surface area contributed by atoms with Crippen LogP contribution < -0.4 is 4.90 Å². The number of anilines is 1. The predicted molar refractivity (Wildman–Crippen MR) is 120 cm³/mol. The molecule has 0 atom stereocenters. The van der Waals surface area contributed by atoms with Crippen molar-refractivity contribution in [1.82, 2.24) is 0 Å². The van der Waals surface area contributed by atoms with Crippen LogP contribution in [0.5, 0.6) is 0 Å². The second-order valence-electron chi connectivity index (χ2n) is 9.44. The molecule has 29 heavy (non-hydrogen) atoms. The van der Waals surface area contributed by atoms with Crippen LogP contribution in [0.4, 0.5) is 5.69 Å². The van der Waals surface area contributed by atoms with Gasteiger partial charge in [-0.2, -0.15) is 5.26 Å². The van der Waals surface area contributed by atoms with Crippen LogP contribution in [-0.2, 0) is 9.59 Å². The number of hydrogen-bond donors (Lipinski definition) is 0. The largest absolute Gasteiger partial charge is 0.311 e. The van der Waals surface area contributed by atoms with E-state index in [9.17, 15) is 14.9 Å². The van der Waals surface area contributed by atoms with Crippen LogP contribution in [0.1, 0.15) is 78.7 Å². The van der Waals surface area contributed by atoms with Crippen molar-refractivity contribution in [3.8, 4) is 6.07 Å². The van der Waals surface area contributed by atoms with Gasteiger partial charge in [0.05, 0.1) is 17.3 Å². The van der Waals surface area contributed by atoms with Crippen molar-refractivity contribution < 1.29 is 9.59 Å². The third-order valence-corrected chi connectivity index (χ3v) is 6.71. The summed E-state index contributed by atoms with van der Waals surface area (Å²) in [5, 5.41) is 9.48. The normalized spacial score (nSPS) is 15.2. The lowest BCUT2D eigenvalue weighted by Gasteiger charge is -2.31. The number of nitriles is 1. The van der Waals surface area contributed by atoms with E-state index in [1.807, 2.05) is 31.7 Å². The molecule has 158 valence electrons. The number of rotatable bonds is 6. The van der Waals surface area contributed by atoms with E-state index in [1.54, 1.807) is 12.1 Å². The maximum Gasteiger partial charge on any atom is 0.230 e. The van der Waals surface area contributed by atoms with E-state index < -0.39 is 5.41 Å². The molecule has 1 aromatic carbocycles. The standard InChI is InChI=1S/C24H34N2O2S/c1-17(2)13-14-26(22(27)19-9-7-6-8-10-19)20-15-18(16-25)11-12-21(20)29-23(28)24(3,4)5/h11-12,15,17,19H,6-10,13-14H2,1-5H3. The second-order valence-corrected chi connectivity index (χ2v) is 10.5. The minimum absolute atomic E-state index is 0.0396. The molecule has 4 nitrogen and oxygen atoms in total. The van der Waals surface area contributed by atoms with Crippen LogP contribution in [-0.4, -0.2) is 17.6 Å². The summed E-state index contributed by atoms with van der Waals surface area (Å²) < 4.78 is 0. The fourth-order valence-electron chi connectivity index (χ4n) is 3.44. The Morgan fingerprint density at radius 1 is 1.21 bits per heavy atom. The van der Waals surface area contributed by atoms with Crippen LogP contribution in [0.2, 0.25) is 0 Å². The van der Waals surface area contributed by atoms with Gasteiger partial charge in [-0.15, -0.1) is 0 Å². The van der Waals surface area contributed by atoms with Crippen LogP contribution >= 0.6 is 11.8 Å². The lowest BCUT2D eigenvalue weighted by atomic mass is 9.88. The minimum Gasteiger partial charge on any atom is -0.311 e. The number of benzene rings is 1. The second kappa shape index (κ2) is 10.3. The molecule has 0 aromatic heterocycles. The summed E-state index contributed by atoms with van der Waals surface area (Å²) in [7, 11) is 0. The molecule has 0 radical (unpaired) electrons. The average molecular weight is 415 g/mol. The van der Waals surface area contributed by atoms with Gasteiger partial charge in [-0.1, -0.05) is 53.9 Å². The summed E-state index contributed by atoms with van der Waals surface area (Å²) in [6.07, 6.45) is 6.12. The smallest absolute Gasteiger partial charge is 0.230 e. The zero-order chi connectivity index (χ0) is 21.6. The first kappa shape index (κ1) is 23.5. The van der Waals surface area contributed by atoms with Gasteiger partial charge in [0.15, 0.2) is 5.12 Å². The number of carbonyl (C=O) groups excluding carboxylic acids is 2. The molecule has 2 rings (SSSR count). The minimum atomic E-state index is -0.480. The molecule has 1 aliphatic rings. The summed E-state index contributed by atoms with van der Waals surface area (Å²) in [5.74, 6) is 0.645. The molecule has 1 amide bonds. The maximum atomic E-state index is 13.5. The third-order valence-electron chi connectivity index (χ3n) is 5.34. The molecule has 0 N–H and O–H groups in total. The van der Waals surface area contributed by atoms with Crippen LogP contribution in [0.15, 0.2) is 23.1 Å². The van der Waals surface area contributed by atoms with Crippen molar-refractivity contribution in [2.24, 2.45) is 17.3 Å². The third kappa shape index (κ3) is 6.60. The Kier molecular flexibility index (Phi) is 8.34. The molecule has 5 heteroatoms. The van der Waals surface area contributed by atoms with E-state index in [0.717, 1.165) is 37.0 Å². The van der Waals surface area contributed by atoms with Gasteiger partial charge < -0.3 is 4.90 Å². The highest BCUT2D eigenvalue weighted by Crippen LogP contribution is 2.38. The summed E-state index contributed by atoms with van der Waals surface area (Å²) in [5.41, 5.74) is 0.743. The van der Waals surface area contributed by atoms with Crippen LogP contribution in [0.3, 0.4) is 0 Å². The first-order valence-corrected chi connectivity index (χ1v) is 11.5. The summed E-state index contributed by atoms with van der Waals surface area (Å²) in [6, 6.07) is 7.51. The van der Waals surface area contributed by atoms with E-state index in [4.69, 9.17) is 0 Å². The van der Waals surface area contributed by atoms with Gasteiger partial charge in [0.2, 0.25) is 5.91 Å². The highest BCUT2D eigenvalue weighted by atomic mass is 32.2. The van der Waals surface area contributed by atoms with Gasteiger partial charge in [0, 0.05) is 22.8 Å². The molecule has 0 unspecified atom stereocenters. The van der Waals surface area contributed by atoms with E-state index in [-0.39, 0.29) is 16.9 Å². The van der Waals surface area contributed by atoms with Gasteiger partial charge in [-0.05, 0) is 55.1 Å². The van der Waals surface area contributed by atoms with E-state index in [1.165, 1.54) is 18.2 Å². The van der Waals surface area contributed by atoms with Crippen molar-refractivity contribution in [1.29, 1.82) is 5.26 Å². The van der Waals surface area contributed by atoms with Crippen molar-refractivity contribution >= 4 is 28.5 Å². The first-order valence-electron chi connectivity index (χ1n) is 10.7. The number of thioether (sulfide) groups is 1. The molecular weight excluding hydrogens is 380 g/mol. The Morgan fingerprint density at radius 2 is 1.86 bits per heavy atom. The summed E-state index contributed by atoms with van der Waals surface area (Å²) in [6.45, 7) is 10.6. The topological polar surface area (TPSA) is 61.2 Å². The Hall–Kier alpha value is -1.80. The van der Waals surface area contributed by atoms with E-state index >= 15 is 0 Å². The monoisotopic (exact) mass is 414 g/mol. The quantitative estimate of drug-likeness (QED) is 0.521. The summed E-state index contributed by atoms with van der Waals surface area (Å²) in [4.78, 5) is 28.8. The maximum absolute atomic E-state index is 13.5. The van der Waals surface area contributed by atoms with Gasteiger partial charge in [0.25, 0.3) is 0 Å². The molecule has 0 heterocycles. The Balaban J connectivity index is 2.44. The zero-order valence-electron chi connectivity index (χ0n) is 18.5.